The molecule has 0 bridgehead atoms. The van der Waals surface area contributed by atoms with Crippen molar-refractivity contribution in [1.82, 2.24) is 0 Å². The summed E-state index contributed by atoms with van der Waals surface area (Å²) in [5.74, 6) is -0.812. The van der Waals surface area contributed by atoms with E-state index in [9.17, 15) is 5.11 Å². The predicted molar refractivity (Wildman–Crippen MR) is 138 cm³/mol. The Morgan fingerprint density at radius 2 is 1.49 bits per heavy atom. The molecule has 0 aromatic heterocycles. The molecule has 0 saturated carbocycles. The Labute approximate surface area is 210 Å². The molecule has 2 saturated heterocycles. The van der Waals surface area contributed by atoms with Crippen LogP contribution in [-0.4, -0.2) is 63.6 Å². The lowest BCUT2D eigenvalue weighted by Crippen LogP contribution is -2.67. The third kappa shape index (κ3) is 5.42. The minimum absolute atomic E-state index is 0.151. The van der Waals surface area contributed by atoms with Gasteiger partial charge in [-0.15, -0.1) is 0 Å². The van der Waals surface area contributed by atoms with E-state index in [-0.39, 0.29) is 11.3 Å². The molecule has 2 aliphatic rings. The second kappa shape index (κ2) is 10.4. The average Bonchev–Trinajstić information content (AvgIpc) is 3.14. The Hall–Kier alpha value is -1.58. The number of hydrogen-bond donors (Lipinski definition) is 1. The second-order valence-corrected chi connectivity index (χ2v) is 15.3. The Kier molecular flexibility index (Phi) is 7.88. The van der Waals surface area contributed by atoms with E-state index in [4.69, 9.17) is 23.4 Å². The molecule has 0 aliphatic carbocycles. The van der Waals surface area contributed by atoms with Crippen LogP contribution in [-0.2, 0) is 23.4 Å². The fraction of sp³-hybridized carbons (Fsp3) is 0.571. The lowest BCUT2D eigenvalue weighted by Gasteiger charge is -2.44. The third-order valence-electron chi connectivity index (χ3n) is 7.08. The SMILES string of the molecule is CO[C@H]1CC[C@H](O)[C@H]([C@@H]2OC(C)(C)O[C@H]2CO[Si](c2ccccc2)(c2ccccc2)C(C)(C)C)O1. The minimum Gasteiger partial charge on any atom is -0.405 e. The molecule has 35 heavy (non-hydrogen) atoms. The van der Waals surface area contributed by atoms with Crippen LogP contribution in [0.2, 0.25) is 5.04 Å². The predicted octanol–water partition coefficient (Wildman–Crippen LogP) is 3.60. The van der Waals surface area contributed by atoms with Crippen LogP contribution < -0.4 is 10.4 Å². The number of aliphatic hydroxyl groups is 1. The summed E-state index contributed by atoms with van der Waals surface area (Å²) in [7, 11) is -1.12. The van der Waals surface area contributed by atoms with Crippen LogP contribution in [0, 0.1) is 0 Å². The van der Waals surface area contributed by atoms with Gasteiger partial charge < -0.3 is 28.5 Å². The van der Waals surface area contributed by atoms with E-state index in [1.54, 1.807) is 7.11 Å². The molecule has 5 atom stereocenters. The molecule has 6 nitrogen and oxygen atoms in total. The first kappa shape index (κ1) is 26.5. The number of hydrogen-bond acceptors (Lipinski definition) is 6. The molecule has 4 rings (SSSR count). The summed E-state index contributed by atoms with van der Waals surface area (Å²) in [4.78, 5) is 0. The zero-order valence-electron chi connectivity index (χ0n) is 21.8. The van der Waals surface area contributed by atoms with Gasteiger partial charge in [-0.25, -0.2) is 0 Å². The van der Waals surface area contributed by atoms with E-state index >= 15 is 0 Å². The van der Waals surface area contributed by atoms with Crippen molar-refractivity contribution in [2.24, 2.45) is 0 Å². The number of benzene rings is 2. The molecule has 2 fully saturated rings. The zero-order valence-corrected chi connectivity index (χ0v) is 22.8. The number of ether oxygens (including phenoxy) is 4. The molecule has 0 radical (unpaired) electrons. The van der Waals surface area contributed by atoms with E-state index < -0.39 is 38.5 Å². The third-order valence-corrected chi connectivity index (χ3v) is 12.1. The molecule has 0 spiro atoms. The summed E-state index contributed by atoms with van der Waals surface area (Å²) in [6.07, 6.45) is -1.21. The molecule has 2 aromatic rings. The van der Waals surface area contributed by atoms with Crippen molar-refractivity contribution in [1.29, 1.82) is 0 Å². The Morgan fingerprint density at radius 3 is 2.00 bits per heavy atom. The molecule has 2 aliphatic heterocycles. The summed E-state index contributed by atoms with van der Waals surface area (Å²) >= 11 is 0. The van der Waals surface area contributed by atoms with Gasteiger partial charge in [-0.3, -0.25) is 0 Å². The highest BCUT2D eigenvalue weighted by atomic mass is 28.4. The van der Waals surface area contributed by atoms with Crippen molar-refractivity contribution in [3.63, 3.8) is 0 Å². The smallest absolute Gasteiger partial charge is 0.261 e. The molecule has 2 aromatic carbocycles. The number of aliphatic hydroxyl groups excluding tert-OH is 1. The van der Waals surface area contributed by atoms with Crippen molar-refractivity contribution in [3.05, 3.63) is 60.7 Å². The van der Waals surface area contributed by atoms with Crippen LogP contribution in [0.3, 0.4) is 0 Å². The van der Waals surface area contributed by atoms with Gasteiger partial charge in [0.2, 0.25) is 0 Å². The van der Waals surface area contributed by atoms with Crippen LogP contribution in [0.1, 0.15) is 47.5 Å². The number of methoxy groups -OCH3 is 1. The van der Waals surface area contributed by atoms with Crippen LogP contribution >= 0.6 is 0 Å². The van der Waals surface area contributed by atoms with E-state index in [0.29, 0.717) is 19.4 Å². The fourth-order valence-electron chi connectivity index (χ4n) is 5.51. The average molecular weight is 501 g/mol. The summed E-state index contributed by atoms with van der Waals surface area (Å²) < 4.78 is 31.3. The lowest BCUT2D eigenvalue weighted by atomic mass is 9.97. The maximum absolute atomic E-state index is 10.8. The molecule has 192 valence electrons. The highest BCUT2D eigenvalue weighted by molar-refractivity contribution is 6.99. The van der Waals surface area contributed by atoms with Crippen molar-refractivity contribution in [3.8, 4) is 0 Å². The summed E-state index contributed by atoms with van der Waals surface area (Å²) in [6, 6.07) is 21.1. The molecule has 0 unspecified atom stereocenters. The van der Waals surface area contributed by atoms with Gasteiger partial charge >= 0.3 is 0 Å². The molecule has 7 heteroatoms. The van der Waals surface area contributed by atoms with Gasteiger partial charge in [0.15, 0.2) is 12.1 Å². The van der Waals surface area contributed by atoms with Gasteiger partial charge in [0.1, 0.15) is 18.3 Å². The standard InChI is InChI=1S/C28H40O6Si/c1-27(2,3)35(20-13-9-7-10-14-20,21-15-11-8-12-16-21)31-19-23-26(34-28(4,5)33-23)25-22(29)17-18-24(30-6)32-25/h7-16,22-26,29H,17-19H2,1-6H3/t22-,23-,24+,25+,26+/m0/s1. The van der Waals surface area contributed by atoms with E-state index in [1.165, 1.54) is 10.4 Å². The van der Waals surface area contributed by atoms with Gasteiger partial charge in [-0.1, -0.05) is 81.4 Å². The van der Waals surface area contributed by atoms with Gasteiger partial charge in [-0.05, 0) is 35.7 Å². The zero-order chi connectivity index (χ0) is 25.3. The molecule has 1 N–H and O–H groups in total. The van der Waals surface area contributed by atoms with E-state index in [2.05, 4.69) is 69.3 Å². The van der Waals surface area contributed by atoms with Crippen molar-refractivity contribution in [2.75, 3.05) is 13.7 Å². The monoisotopic (exact) mass is 500 g/mol. The highest BCUT2D eigenvalue weighted by Crippen LogP contribution is 2.39. The topological polar surface area (TPSA) is 66.4 Å². The first-order chi connectivity index (χ1) is 16.6. The van der Waals surface area contributed by atoms with E-state index in [0.717, 1.165) is 0 Å². The molecular weight excluding hydrogens is 460 g/mol. The van der Waals surface area contributed by atoms with Gasteiger partial charge in [0, 0.05) is 13.5 Å². The van der Waals surface area contributed by atoms with Crippen LogP contribution in [0.15, 0.2) is 60.7 Å². The van der Waals surface area contributed by atoms with Gasteiger partial charge in [0.25, 0.3) is 8.32 Å². The van der Waals surface area contributed by atoms with Crippen LogP contribution in [0.25, 0.3) is 0 Å². The maximum Gasteiger partial charge on any atom is 0.261 e. The van der Waals surface area contributed by atoms with Crippen LogP contribution in [0.5, 0.6) is 0 Å². The Morgan fingerprint density at radius 1 is 0.914 bits per heavy atom. The molecular formula is C28H40O6Si. The Bertz CT molecular complexity index is 905. The van der Waals surface area contributed by atoms with E-state index in [1.807, 2.05) is 26.0 Å². The summed E-state index contributed by atoms with van der Waals surface area (Å²) in [5.41, 5.74) is 0. The lowest BCUT2D eigenvalue weighted by molar-refractivity contribution is -0.245. The van der Waals surface area contributed by atoms with Crippen molar-refractivity contribution in [2.45, 2.75) is 89.0 Å². The Balaban J connectivity index is 1.68. The second-order valence-electron chi connectivity index (χ2n) is 11.0. The largest absolute Gasteiger partial charge is 0.405 e. The first-order valence-corrected chi connectivity index (χ1v) is 14.5. The highest BCUT2D eigenvalue weighted by Gasteiger charge is 2.54. The fourth-order valence-corrected chi connectivity index (χ4v) is 10.1. The quantitative estimate of drug-likeness (QED) is 0.586. The first-order valence-electron chi connectivity index (χ1n) is 12.5. The van der Waals surface area contributed by atoms with Crippen molar-refractivity contribution >= 4 is 18.7 Å². The summed E-state index contributed by atoms with van der Waals surface area (Å²) in [5, 5.41) is 13.1. The van der Waals surface area contributed by atoms with Crippen molar-refractivity contribution < 1.29 is 28.5 Å². The normalized spacial score (nSPS) is 29.3. The van der Waals surface area contributed by atoms with Gasteiger partial charge in [0.05, 0.1) is 12.7 Å². The minimum atomic E-state index is -2.74. The van der Waals surface area contributed by atoms with Gasteiger partial charge in [-0.2, -0.15) is 0 Å². The molecule has 0 amide bonds. The maximum atomic E-state index is 10.8. The number of rotatable bonds is 7. The molecule has 2 heterocycles. The summed E-state index contributed by atoms with van der Waals surface area (Å²) in [6.45, 7) is 10.9. The van der Waals surface area contributed by atoms with Crippen LogP contribution in [0.4, 0.5) is 0 Å².